The van der Waals surface area contributed by atoms with Crippen LogP contribution < -0.4 is 4.74 Å². The normalized spacial score (nSPS) is 19.4. The molecule has 5 heteroatoms. The van der Waals surface area contributed by atoms with E-state index < -0.39 is 11.9 Å². The number of ether oxygens (including phenoxy) is 3. The van der Waals surface area contributed by atoms with Crippen molar-refractivity contribution in [3.63, 3.8) is 0 Å². The van der Waals surface area contributed by atoms with Gasteiger partial charge in [-0.3, -0.25) is 0 Å². The first-order valence-electron chi connectivity index (χ1n) is 12.3. The molecule has 0 saturated heterocycles. The van der Waals surface area contributed by atoms with E-state index in [1.54, 1.807) is 6.07 Å². The summed E-state index contributed by atoms with van der Waals surface area (Å²) in [6.45, 7) is -0.293. The molecular formula is C31H26O5. The molecule has 0 fully saturated rings. The maximum absolute atomic E-state index is 12.4. The maximum Gasteiger partial charge on any atom is 0.337 e. The van der Waals surface area contributed by atoms with E-state index in [4.69, 9.17) is 14.2 Å². The van der Waals surface area contributed by atoms with Gasteiger partial charge >= 0.3 is 11.9 Å². The second-order valence-electron chi connectivity index (χ2n) is 9.41. The van der Waals surface area contributed by atoms with E-state index in [0.29, 0.717) is 18.3 Å². The highest BCUT2D eigenvalue weighted by molar-refractivity contribution is 5.90. The Morgan fingerprint density at radius 2 is 1.31 bits per heavy atom. The van der Waals surface area contributed by atoms with Crippen LogP contribution >= 0.6 is 0 Å². The van der Waals surface area contributed by atoms with Crippen molar-refractivity contribution in [3.8, 4) is 5.75 Å². The van der Waals surface area contributed by atoms with Gasteiger partial charge in [-0.05, 0) is 40.1 Å². The second-order valence-corrected chi connectivity index (χ2v) is 9.41. The van der Waals surface area contributed by atoms with Crippen LogP contribution in [0.2, 0.25) is 0 Å². The van der Waals surface area contributed by atoms with Crippen molar-refractivity contribution in [1.82, 2.24) is 0 Å². The van der Waals surface area contributed by atoms with E-state index in [-0.39, 0.29) is 25.0 Å². The topological polar surface area (TPSA) is 61.8 Å². The van der Waals surface area contributed by atoms with Gasteiger partial charge in [0.25, 0.3) is 0 Å². The van der Waals surface area contributed by atoms with Crippen molar-refractivity contribution in [2.24, 2.45) is 5.92 Å². The van der Waals surface area contributed by atoms with Crippen LogP contribution in [-0.4, -0.2) is 31.8 Å². The number of carbonyl (C=O) groups excluding carboxylic acids is 2. The molecule has 3 aliphatic carbocycles. The Bertz CT molecular complexity index is 1390. The van der Waals surface area contributed by atoms with Gasteiger partial charge in [0.05, 0.1) is 6.61 Å². The SMILES string of the molecule is O=C(COCC(=O)Oc1cccc2ccccc12)OCC1CC2c3ccccc3C1c1ccccc12. The van der Waals surface area contributed by atoms with E-state index in [1.165, 1.54) is 22.3 Å². The fraction of sp³-hybridized carbons (Fsp3) is 0.226. The van der Waals surface area contributed by atoms with E-state index in [9.17, 15) is 9.59 Å². The van der Waals surface area contributed by atoms with Gasteiger partial charge in [-0.1, -0.05) is 84.9 Å². The van der Waals surface area contributed by atoms with Gasteiger partial charge in [-0.2, -0.15) is 0 Å². The summed E-state index contributed by atoms with van der Waals surface area (Å²) in [7, 11) is 0. The van der Waals surface area contributed by atoms with Crippen molar-refractivity contribution in [3.05, 3.63) is 113 Å². The third-order valence-electron chi connectivity index (χ3n) is 7.29. The molecule has 0 N–H and O–H groups in total. The zero-order valence-electron chi connectivity index (χ0n) is 19.8. The number of fused-ring (bicyclic) bond motifs is 2. The Morgan fingerprint density at radius 3 is 2.06 bits per heavy atom. The summed E-state index contributed by atoms with van der Waals surface area (Å²) >= 11 is 0. The molecule has 7 rings (SSSR count). The van der Waals surface area contributed by atoms with Gasteiger partial charge in [0.1, 0.15) is 19.0 Å². The van der Waals surface area contributed by atoms with E-state index in [2.05, 4.69) is 48.5 Å². The molecule has 180 valence electrons. The molecule has 4 aromatic carbocycles. The quantitative estimate of drug-likeness (QED) is 0.256. The Hall–Kier alpha value is -3.96. The first-order valence-corrected chi connectivity index (χ1v) is 12.3. The highest BCUT2D eigenvalue weighted by Gasteiger charge is 2.43. The van der Waals surface area contributed by atoms with E-state index in [1.807, 2.05) is 36.4 Å². The lowest BCUT2D eigenvalue weighted by Crippen LogP contribution is -2.35. The minimum atomic E-state index is -0.558. The van der Waals surface area contributed by atoms with Crippen molar-refractivity contribution in [2.45, 2.75) is 18.3 Å². The van der Waals surface area contributed by atoms with Gasteiger partial charge in [0.2, 0.25) is 0 Å². The lowest BCUT2D eigenvalue weighted by molar-refractivity contribution is -0.153. The number of esters is 2. The number of hydrogen-bond acceptors (Lipinski definition) is 5. The van der Waals surface area contributed by atoms with E-state index in [0.717, 1.165) is 17.2 Å². The molecule has 0 aliphatic heterocycles. The average molecular weight is 479 g/mol. The molecule has 3 aliphatic rings. The van der Waals surface area contributed by atoms with Crippen LogP contribution in [0.4, 0.5) is 0 Å². The molecule has 0 radical (unpaired) electrons. The number of carbonyl (C=O) groups is 2. The third kappa shape index (κ3) is 4.16. The molecule has 0 heterocycles. The minimum absolute atomic E-state index is 0.208. The average Bonchev–Trinajstić information content (AvgIpc) is 2.92. The van der Waals surface area contributed by atoms with E-state index >= 15 is 0 Å². The molecule has 0 amide bonds. The van der Waals surface area contributed by atoms with Crippen molar-refractivity contribution >= 4 is 22.7 Å². The van der Waals surface area contributed by atoms with Gasteiger partial charge < -0.3 is 14.2 Å². The van der Waals surface area contributed by atoms with Crippen LogP contribution in [-0.2, 0) is 19.1 Å². The molecular weight excluding hydrogens is 452 g/mol. The molecule has 5 nitrogen and oxygen atoms in total. The van der Waals surface area contributed by atoms with Crippen LogP contribution in [0.5, 0.6) is 5.75 Å². The summed E-state index contributed by atoms with van der Waals surface area (Å²) in [6.07, 6.45) is 0.949. The van der Waals surface area contributed by atoms with Crippen LogP contribution in [0.25, 0.3) is 10.8 Å². The van der Waals surface area contributed by atoms with Crippen LogP contribution in [0.1, 0.15) is 40.5 Å². The summed E-state index contributed by atoms with van der Waals surface area (Å²) in [6, 6.07) is 30.4. The molecule has 0 aromatic heterocycles. The fourth-order valence-electron chi connectivity index (χ4n) is 5.82. The largest absolute Gasteiger partial charge is 0.464 e. The summed E-state index contributed by atoms with van der Waals surface area (Å²) in [4.78, 5) is 24.7. The highest BCUT2D eigenvalue weighted by atomic mass is 16.6. The molecule has 4 aromatic rings. The monoisotopic (exact) mass is 478 g/mol. The number of benzene rings is 4. The molecule has 0 saturated carbocycles. The summed E-state index contributed by atoms with van der Waals surface area (Å²) in [5, 5.41) is 1.83. The van der Waals surface area contributed by atoms with Crippen molar-refractivity contribution in [2.75, 3.05) is 19.8 Å². The molecule has 0 spiro atoms. The Morgan fingerprint density at radius 1 is 0.694 bits per heavy atom. The molecule has 36 heavy (non-hydrogen) atoms. The summed E-state index contributed by atoms with van der Waals surface area (Å²) < 4.78 is 16.4. The molecule has 1 atom stereocenters. The van der Waals surface area contributed by atoms with Crippen LogP contribution in [0.15, 0.2) is 91.0 Å². The zero-order valence-corrected chi connectivity index (χ0v) is 19.8. The Kier molecular flexibility index (Phi) is 5.99. The van der Waals surface area contributed by atoms with Crippen LogP contribution in [0, 0.1) is 5.92 Å². The third-order valence-corrected chi connectivity index (χ3v) is 7.29. The minimum Gasteiger partial charge on any atom is -0.464 e. The summed E-state index contributed by atoms with van der Waals surface area (Å²) in [5.41, 5.74) is 5.44. The maximum atomic E-state index is 12.4. The summed E-state index contributed by atoms with van der Waals surface area (Å²) in [5.74, 6) is 0.184. The zero-order chi connectivity index (χ0) is 24.5. The van der Waals surface area contributed by atoms with Crippen molar-refractivity contribution in [1.29, 1.82) is 0 Å². The number of hydrogen-bond donors (Lipinski definition) is 0. The predicted molar refractivity (Wildman–Crippen MR) is 136 cm³/mol. The van der Waals surface area contributed by atoms with Gasteiger partial charge in [-0.15, -0.1) is 0 Å². The number of rotatable bonds is 7. The second kappa shape index (κ2) is 9.59. The van der Waals surface area contributed by atoms with Gasteiger partial charge in [-0.25, -0.2) is 9.59 Å². The van der Waals surface area contributed by atoms with Gasteiger partial charge in [0, 0.05) is 23.1 Å². The predicted octanol–water partition coefficient (Wildman–Crippen LogP) is 5.60. The Labute approximate surface area is 209 Å². The Balaban J connectivity index is 1.03. The van der Waals surface area contributed by atoms with Crippen molar-refractivity contribution < 1.29 is 23.8 Å². The lowest BCUT2D eigenvalue weighted by atomic mass is 9.59. The first-order chi connectivity index (χ1) is 17.7. The highest BCUT2D eigenvalue weighted by Crippen LogP contribution is 2.55. The lowest BCUT2D eigenvalue weighted by Gasteiger charge is -2.45. The molecule has 1 unspecified atom stereocenters. The first kappa shape index (κ1) is 22.5. The fourth-order valence-corrected chi connectivity index (χ4v) is 5.82. The smallest absolute Gasteiger partial charge is 0.337 e. The standard InChI is InChI=1S/C31H26O5/c32-29(18-34-19-30(33)36-28-15-7-9-20-8-1-2-10-22(20)28)35-17-21-16-27-23-11-3-5-13-25(23)31(21)26-14-6-4-12-24(26)27/h1-15,21,27,31H,16-19H2. The van der Waals surface area contributed by atoms with Crippen LogP contribution in [0.3, 0.4) is 0 Å². The molecule has 2 bridgehead atoms. The van der Waals surface area contributed by atoms with Gasteiger partial charge in [0.15, 0.2) is 0 Å².